The van der Waals surface area contributed by atoms with Gasteiger partial charge in [0.1, 0.15) is 22.9 Å². The van der Waals surface area contributed by atoms with Crippen LogP contribution in [0.5, 0.6) is 5.75 Å². The van der Waals surface area contributed by atoms with Crippen LogP contribution in [-0.4, -0.2) is 30.8 Å². The van der Waals surface area contributed by atoms with Crippen LogP contribution < -0.4 is 15.4 Å². The number of amides is 2. The molecule has 1 aromatic heterocycles. The Morgan fingerprint density at radius 1 is 1.28 bits per heavy atom. The van der Waals surface area contributed by atoms with Gasteiger partial charge in [0.25, 0.3) is 0 Å². The molecule has 134 valence electrons. The van der Waals surface area contributed by atoms with Gasteiger partial charge in [-0.3, -0.25) is 0 Å². The zero-order valence-corrected chi connectivity index (χ0v) is 14.5. The third kappa shape index (κ3) is 4.33. The molecule has 3 rings (SSSR count). The molecule has 6 heteroatoms. The number of ether oxygens (including phenoxy) is 1. The van der Waals surface area contributed by atoms with Gasteiger partial charge < -0.3 is 24.9 Å². The van der Waals surface area contributed by atoms with Crippen molar-refractivity contribution in [1.82, 2.24) is 10.6 Å². The average Bonchev–Trinajstić information content (AvgIpc) is 3.05. The predicted molar refractivity (Wildman–Crippen MR) is 93.5 cm³/mol. The maximum atomic E-state index is 12.0. The summed E-state index contributed by atoms with van der Waals surface area (Å²) in [5.41, 5.74) is -0.0875. The number of rotatable bonds is 5. The van der Waals surface area contributed by atoms with Crippen LogP contribution in [0.1, 0.15) is 24.0 Å². The number of urea groups is 1. The highest BCUT2D eigenvalue weighted by Gasteiger charge is 2.27. The Kier molecular flexibility index (Phi) is 4.99. The number of hydrogen-bond acceptors (Lipinski definition) is 4. The predicted octanol–water partition coefficient (Wildman–Crippen LogP) is 2.35. The van der Waals surface area contributed by atoms with Gasteiger partial charge in [0.2, 0.25) is 0 Å². The van der Waals surface area contributed by atoms with E-state index in [2.05, 4.69) is 10.6 Å². The number of para-hydroxylation sites is 1. The minimum Gasteiger partial charge on any atom is -0.493 e. The first kappa shape index (κ1) is 17.4. The topological polar surface area (TPSA) is 83.7 Å². The zero-order valence-electron chi connectivity index (χ0n) is 14.5. The van der Waals surface area contributed by atoms with Crippen LogP contribution in [0.3, 0.4) is 0 Å². The fourth-order valence-electron chi connectivity index (χ4n) is 2.88. The van der Waals surface area contributed by atoms with Gasteiger partial charge in [-0.25, -0.2) is 4.79 Å². The zero-order chi connectivity index (χ0) is 17.9. The van der Waals surface area contributed by atoms with Gasteiger partial charge in [0.05, 0.1) is 13.2 Å². The summed E-state index contributed by atoms with van der Waals surface area (Å²) in [6.45, 7) is 4.58. The molecular formula is C19H24N2O4. The number of fused-ring (bicyclic) bond motifs is 1. The quantitative estimate of drug-likeness (QED) is 0.777. The molecule has 25 heavy (non-hydrogen) atoms. The number of benzene rings is 1. The highest BCUT2D eigenvalue weighted by molar-refractivity contribution is 5.73. The Hall–Kier alpha value is -2.47. The van der Waals surface area contributed by atoms with E-state index in [0.717, 1.165) is 23.5 Å². The summed E-state index contributed by atoms with van der Waals surface area (Å²) < 4.78 is 11.1. The first-order chi connectivity index (χ1) is 11.9. The molecular weight excluding hydrogens is 320 g/mol. The largest absolute Gasteiger partial charge is 0.493 e. The molecule has 0 saturated carbocycles. The van der Waals surface area contributed by atoms with Crippen LogP contribution in [0.2, 0.25) is 0 Å². The molecule has 0 aliphatic carbocycles. The van der Waals surface area contributed by atoms with Gasteiger partial charge in [0, 0.05) is 12.5 Å². The summed E-state index contributed by atoms with van der Waals surface area (Å²) in [7, 11) is 0. The lowest BCUT2D eigenvalue weighted by atomic mass is 9.97. The van der Waals surface area contributed by atoms with Crippen molar-refractivity contribution in [2.75, 3.05) is 19.7 Å². The normalized spacial score (nSPS) is 18.6. The maximum absolute atomic E-state index is 12.0. The molecule has 2 atom stereocenters. The average molecular weight is 344 g/mol. The van der Waals surface area contributed by atoms with Gasteiger partial charge in [-0.1, -0.05) is 18.2 Å². The highest BCUT2D eigenvalue weighted by Crippen LogP contribution is 2.26. The van der Waals surface area contributed by atoms with E-state index < -0.39 is 5.60 Å². The van der Waals surface area contributed by atoms with Crippen LogP contribution in [0.25, 0.3) is 0 Å². The molecule has 2 heterocycles. The van der Waals surface area contributed by atoms with Crippen LogP contribution in [0, 0.1) is 12.8 Å². The van der Waals surface area contributed by atoms with Crippen molar-refractivity contribution >= 4 is 6.03 Å². The SMILES string of the molecule is Cc1ccc([C@@](C)(O)CNC(=O)NC[C@@H]2COc3ccccc3C2)o1. The maximum Gasteiger partial charge on any atom is 0.314 e. The molecule has 0 saturated heterocycles. The van der Waals surface area contributed by atoms with E-state index in [1.807, 2.05) is 31.2 Å². The Bertz CT molecular complexity index is 739. The highest BCUT2D eigenvalue weighted by atomic mass is 16.5. The van der Waals surface area contributed by atoms with Crippen LogP contribution in [-0.2, 0) is 12.0 Å². The van der Waals surface area contributed by atoms with Crippen molar-refractivity contribution in [3.05, 3.63) is 53.5 Å². The monoisotopic (exact) mass is 344 g/mol. The van der Waals surface area contributed by atoms with Crippen LogP contribution >= 0.6 is 0 Å². The van der Waals surface area contributed by atoms with Gasteiger partial charge in [0.15, 0.2) is 0 Å². The molecule has 2 aromatic rings. The van der Waals surface area contributed by atoms with Crippen molar-refractivity contribution in [2.24, 2.45) is 5.92 Å². The minimum atomic E-state index is -1.25. The molecule has 6 nitrogen and oxygen atoms in total. The molecule has 3 N–H and O–H groups in total. The molecule has 1 aliphatic rings. The third-order valence-corrected chi connectivity index (χ3v) is 4.37. The number of furan rings is 1. The van der Waals surface area contributed by atoms with Gasteiger partial charge in [-0.15, -0.1) is 0 Å². The lowest BCUT2D eigenvalue weighted by Crippen LogP contribution is -2.45. The fourth-order valence-corrected chi connectivity index (χ4v) is 2.88. The summed E-state index contributed by atoms with van der Waals surface area (Å²) in [6.07, 6.45) is 0.875. The van der Waals surface area contributed by atoms with Gasteiger partial charge in [-0.05, 0) is 44.0 Å². The van der Waals surface area contributed by atoms with Gasteiger partial charge >= 0.3 is 6.03 Å². The molecule has 0 bridgehead atoms. The molecule has 0 fully saturated rings. The lowest BCUT2D eigenvalue weighted by molar-refractivity contribution is 0.0359. The van der Waals surface area contributed by atoms with E-state index in [9.17, 15) is 9.90 Å². The molecule has 0 radical (unpaired) electrons. The number of aliphatic hydroxyl groups is 1. The summed E-state index contributed by atoms with van der Waals surface area (Å²) in [6, 6.07) is 11.1. The van der Waals surface area contributed by atoms with Crippen molar-refractivity contribution < 1.29 is 19.1 Å². The Morgan fingerprint density at radius 3 is 2.84 bits per heavy atom. The fraction of sp³-hybridized carbons (Fsp3) is 0.421. The number of carbonyl (C=O) groups is 1. The first-order valence-electron chi connectivity index (χ1n) is 8.46. The number of nitrogens with one attached hydrogen (secondary N) is 2. The second-order valence-electron chi connectivity index (χ2n) is 6.74. The standard InChI is InChI=1S/C19H24N2O4/c1-13-7-8-17(25-13)19(2,23)12-21-18(22)20-10-14-9-15-5-3-4-6-16(15)24-11-14/h3-8,14,23H,9-12H2,1-2H3,(H2,20,21,22)/t14-,19+/m1/s1. The summed E-state index contributed by atoms with van der Waals surface area (Å²) in [5, 5.41) is 15.9. The Balaban J connectivity index is 1.44. The first-order valence-corrected chi connectivity index (χ1v) is 8.46. The summed E-state index contributed by atoms with van der Waals surface area (Å²) in [4.78, 5) is 12.0. The van der Waals surface area contributed by atoms with E-state index in [1.165, 1.54) is 0 Å². The second kappa shape index (κ2) is 7.19. The molecule has 1 aliphatic heterocycles. The van der Waals surface area contributed by atoms with Crippen LogP contribution in [0.4, 0.5) is 4.79 Å². The van der Waals surface area contributed by atoms with Gasteiger partial charge in [-0.2, -0.15) is 0 Å². The number of carbonyl (C=O) groups excluding carboxylic acids is 1. The van der Waals surface area contributed by atoms with Crippen molar-refractivity contribution in [1.29, 1.82) is 0 Å². The van der Waals surface area contributed by atoms with Crippen molar-refractivity contribution in [3.8, 4) is 5.75 Å². The lowest BCUT2D eigenvalue weighted by Gasteiger charge is -2.26. The summed E-state index contributed by atoms with van der Waals surface area (Å²) >= 11 is 0. The van der Waals surface area contributed by atoms with Crippen molar-refractivity contribution in [3.63, 3.8) is 0 Å². The number of aryl methyl sites for hydroxylation is 1. The number of hydrogen-bond donors (Lipinski definition) is 3. The van der Waals surface area contributed by atoms with Crippen molar-refractivity contribution in [2.45, 2.75) is 25.9 Å². The molecule has 2 amide bonds. The van der Waals surface area contributed by atoms with E-state index in [0.29, 0.717) is 18.9 Å². The second-order valence-corrected chi connectivity index (χ2v) is 6.74. The van der Waals surface area contributed by atoms with Crippen LogP contribution in [0.15, 0.2) is 40.8 Å². The molecule has 1 aromatic carbocycles. The molecule has 0 unspecified atom stereocenters. The minimum absolute atomic E-state index is 0.0653. The Labute approximate surface area is 147 Å². The van der Waals surface area contributed by atoms with E-state index in [1.54, 1.807) is 19.1 Å². The van der Waals surface area contributed by atoms with E-state index in [-0.39, 0.29) is 18.5 Å². The third-order valence-electron chi connectivity index (χ3n) is 4.37. The summed E-state index contributed by atoms with van der Waals surface area (Å²) in [5.74, 6) is 2.31. The van der Waals surface area contributed by atoms with E-state index >= 15 is 0 Å². The molecule has 0 spiro atoms. The Morgan fingerprint density at radius 2 is 2.08 bits per heavy atom. The smallest absolute Gasteiger partial charge is 0.314 e. The van der Waals surface area contributed by atoms with E-state index in [4.69, 9.17) is 9.15 Å².